The summed E-state index contributed by atoms with van der Waals surface area (Å²) >= 11 is -2.57. The van der Waals surface area contributed by atoms with Crippen LogP contribution in [0.2, 0.25) is 0 Å². The molecule has 4 aromatic carbocycles. The minimum absolute atomic E-state index is 0.00200. The minimum Gasteiger partial charge on any atom is -0.460 e. The summed E-state index contributed by atoms with van der Waals surface area (Å²) < 4.78 is 105. The fourth-order valence-electron chi connectivity index (χ4n) is 6.72. The first-order valence-corrected chi connectivity index (χ1v) is 18.8. The standard InChI is InChI=1S/C40H39BF4N2O7S/c1-38(2)39(3,4)54-41(53-38)32-16-7-24(19-31(32)40(43,44)45)17-18-47(55(49)50)33-22-34-30(21-29(33)25-8-9-25)36(37(46)48)35(52-34)20-23-5-12-27(13-6-23)51-28-14-10-26(42)11-15-28/h5-7,10-16,19,21-22,25H,8-9,17-18,20H2,1-4H3,(H2,46,48)(H,49,50). The largest absolute Gasteiger partial charge is 0.495 e. The molecule has 3 N–H and O–H groups in total. The SMILES string of the molecule is CC1(C)OB(c2ccc(CCN(c3cc4oc(Cc5ccc(Oc6ccc(F)cc6)cc5)c(C(N)=O)c4cc3C3CC3)S(=O)O)cc2C(F)(F)F)OC1(C)C. The number of hydrogen-bond acceptors (Lipinski definition) is 6. The van der Waals surface area contributed by atoms with Gasteiger partial charge in [-0.2, -0.15) is 13.2 Å². The van der Waals surface area contributed by atoms with Crippen LogP contribution >= 0.6 is 0 Å². The molecule has 0 radical (unpaired) electrons. The second-order valence-electron chi connectivity index (χ2n) is 14.9. The Morgan fingerprint density at radius 3 is 2.11 bits per heavy atom. The van der Waals surface area contributed by atoms with Gasteiger partial charge in [0, 0.05) is 24.4 Å². The molecule has 1 amide bonds. The summed E-state index contributed by atoms with van der Waals surface area (Å²) in [5.41, 5.74) is 5.75. The molecule has 2 heterocycles. The van der Waals surface area contributed by atoms with E-state index in [4.69, 9.17) is 24.2 Å². The number of fused-ring (bicyclic) bond motifs is 1. The van der Waals surface area contributed by atoms with E-state index >= 15 is 0 Å². The molecule has 1 aliphatic carbocycles. The predicted molar refractivity (Wildman–Crippen MR) is 201 cm³/mol. The second kappa shape index (κ2) is 14.4. The molecule has 55 heavy (non-hydrogen) atoms. The summed E-state index contributed by atoms with van der Waals surface area (Å²) in [6.07, 6.45) is -2.91. The third kappa shape index (κ3) is 8.02. The zero-order valence-corrected chi connectivity index (χ0v) is 31.4. The number of primary amides is 1. The summed E-state index contributed by atoms with van der Waals surface area (Å²) in [5, 5.41) is 0.459. The van der Waals surface area contributed by atoms with Crippen molar-refractivity contribution in [2.24, 2.45) is 5.73 Å². The number of halogens is 4. The van der Waals surface area contributed by atoms with Gasteiger partial charge in [0.1, 0.15) is 28.7 Å². The summed E-state index contributed by atoms with van der Waals surface area (Å²) in [6.45, 7) is 6.94. The van der Waals surface area contributed by atoms with Gasteiger partial charge < -0.3 is 24.2 Å². The molecule has 1 saturated carbocycles. The van der Waals surface area contributed by atoms with Gasteiger partial charge in [-0.3, -0.25) is 13.7 Å². The summed E-state index contributed by atoms with van der Waals surface area (Å²) in [5.74, 6) is 0.232. The van der Waals surface area contributed by atoms with Gasteiger partial charge in [0.2, 0.25) is 0 Å². The van der Waals surface area contributed by atoms with Crippen molar-refractivity contribution in [1.29, 1.82) is 0 Å². The molecule has 0 bridgehead atoms. The third-order valence-electron chi connectivity index (χ3n) is 10.5. The van der Waals surface area contributed by atoms with E-state index < -0.39 is 47.2 Å². The molecule has 1 unspecified atom stereocenters. The lowest BCUT2D eigenvalue weighted by Gasteiger charge is -2.32. The topological polar surface area (TPSA) is 124 Å². The highest BCUT2D eigenvalue weighted by Gasteiger charge is 2.53. The summed E-state index contributed by atoms with van der Waals surface area (Å²) in [4.78, 5) is 12.8. The zero-order chi connectivity index (χ0) is 39.4. The monoisotopic (exact) mass is 778 g/mol. The highest BCUT2D eigenvalue weighted by Crippen LogP contribution is 2.47. The smallest absolute Gasteiger partial charge is 0.460 e. The van der Waals surface area contributed by atoms with Crippen molar-refractivity contribution < 1.29 is 49.6 Å². The molecule has 15 heteroatoms. The number of alkyl halides is 3. The van der Waals surface area contributed by atoms with Gasteiger partial charge in [-0.05, 0) is 124 Å². The molecule has 9 nitrogen and oxygen atoms in total. The van der Waals surface area contributed by atoms with Crippen molar-refractivity contribution in [3.05, 3.63) is 118 Å². The Hall–Kier alpha value is -4.70. The fraction of sp³-hybridized carbons (Fsp3) is 0.325. The Labute approximate surface area is 318 Å². The number of hydrogen-bond donors (Lipinski definition) is 2. The van der Waals surface area contributed by atoms with Gasteiger partial charge in [-0.25, -0.2) is 8.60 Å². The van der Waals surface area contributed by atoms with Crippen LogP contribution < -0.4 is 20.2 Å². The molecule has 5 aromatic rings. The van der Waals surface area contributed by atoms with E-state index in [1.54, 1.807) is 70.2 Å². The van der Waals surface area contributed by atoms with Crippen molar-refractivity contribution in [1.82, 2.24) is 0 Å². The van der Waals surface area contributed by atoms with Crippen LogP contribution in [-0.4, -0.2) is 39.5 Å². The molecule has 2 aliphatic rings. The van der Waals surface area contributed by atoms with Crippen molar-refractivity contribution >= 4 is 46.4 Å². The molecule has 1 aliphatic heterocycles. The lowest BCUT2D eigenvalue weighted by molar-refractivity contribution is -0.136. The Bertz CT molecular complexity index is 2260. The van der Waals surface area contributed by atoms with Crippen molar-refractivity contribution in [3.63, 3.8) is 0 Å². The Kier molecular flexibility index (Phi) is 10.1. The number of ether oxygens (including phenoxy) is 1. The molecular formula is C40H39BF4N2O7S. The zero-order valence-electron chi connectivity index (χ0n) is 30.5. The first-order valence-electron chi connectivity index (χ1n) is 17.8. The first-order chi connectivity index (χ1) is 25.9. The lowest BCUT2D eigenvalue weighted by Crippen LogP contribution is -2.41. The number of nitrogens with two attached hydrogens (primary N) is 1. The number of carbonyl (C=O) groups excluding carboxylic acids is 1. The predicted octanol–water partition coefficient (Wildman–Crippen LogP) is 8.44. The van der Waals surface area contributed by atoms with E-state index in [0.717, 1.165) is 24.5 Å². The van der Waals surface area contributed by atoms with Crippen molar-refractivity contribution in [2.45, 2.75) is 76.7 Å². The van der Waals surface area contributed by atoms with Crippen LogP contribution in [0.1, 0.15) is 84.8 Å². The van der Waals surface area contributed by atoms with Crippen LogP contribution in [0.25, 0.3) is 11.0 Å². The molecular weight excluding hydrogens is 739 g/mol. The Balaban J connectivity index is 1.16. The van der Waals surface area contributed by atoms with E-state index in [0.29, 0.717) is 39.5 Å². The molecule has 1 atom stereocenters. The molecule has 7 rings (SSSR count). The maximum Gasteiger partial charge on any atom is 0.495 e. The number of benzene rings is 4. The average Bonchev–Trinajstić information content (AvgIpc) is 3.85. The quantitative estimate of drug-likeness (QED) is 0.0741. The molecule has 1 saturated heterocycles. The third-order valence-corrected chi connectivity index (χ3v) is 11.3. The molecule has 288 valence electrons. The lowest BCUT2D eigenvalue weighted by atomic mass is 9.75. The molecule has 1 aromatic heterocycles. The summed E-state index contributed by atoms with van der Waals surface area (Å²) in [7, 11) is -1.23. The van der Waals surface area contributed by atoms with Crippen molar-refractivity contribution in [2.75, 3.05) is 10.8 Å². The number of amides is 1. The Morgan fingerprint density at radius 2 is 1.55 bits per heavy atom. The number of nitrogens with zero attached hydrogens (tertiary/aromatic N) is 1. The summed E-state index contributed by atoms with van der Waals surface area (Å²) in [6, 6.07) is 19.9. The number of carbonyl (C=O) groups is 1. The van der Waals surface area contributed by atoms with Crippen LogP contribution in [-0.2, 0) is 39.6 Å². The van der Waals surface area contributed by atoms with Gasteiger partial charge in [-0.1, -0.05) is 24.3 Å². The van der Waals surface area contributed by atoms with Crippen LogP contribution in [0, 0.1) is 5.82 Å². The van der Waals surface area contributed by atoms with E-state index in [1.165, 1.54) is 34.6 Å². The number of anilines is 1. The van der Waals surface area contributed by atoms with E-state index in [9.17, 15) is 31.1 Å². The first kappa shape index (κ1) is 38.6. The van der Waals surface area contributed by atoms with Crippen LogP contribution in [0.3, 0.4) is 0 Å². The number of furan rings is 1. The van der Waals surface area contributed by atoms with Crippen LogP contribution in [0.5, 0.6) is 11.5 Å². The van der Waals surface area contributed by atoms with E-state index in [-0.39, 0.29) is 47.7 Å². The van der Waals surface area contributed by atoms with E-state index in [2.05, 4.69) is 0 Å². The maximum absolute atomic E-state index is 14.4. The average molecular weight is 779 g/mol. The van der Waals surface area contributed by atoms with Gasteiger partial charge in [0.15, 0.2) is 0 Å². The van der Waals surface area contributed by atoms with Crippen LogP contribution in [0.15, 0.2) is 83.3 Å². The van der Waals surface area contributed by atoms with Gasteiger partial charge >= 0.3 is 13.3 Å². The highest BCUT2D eigenvalue weighted by molar-refractivity contribution is 7.80. The van der Waals surface area contributed by atoms with Gasteiger partial charge in [-0.15, -0.1) is 0 Å². The minimum atomic E-state index is -4.71. The number of rotatable bonds is 12. The van der Waals surface area contributed by atoms with Crippen molar-refractivity contribution in [3.8, 4) is 11.5 Å². The van der Waals surface area contributed by atoms with Gasteiger partial charge in [0.25, 0.3) is 17.2 Å². The van der Waals surface area contributed by atoms with E-state index in [1.807, 2.05) is 0 Å². The molecule has 2 fully saturated rings. The maximum atomic E-state index is 14.4. The second-order valence-corrected chi connectivity index (χ2v) is 15.8. The Morgan fingerprint density at radius 1 is 0.945 bits per heavy atom. The molecule has 0 spiro atoms. The van der Waals surface area contributed by atoms with Gasteiger partial charge in [0.05, 0.1) is 28.0 Å². The van der Waals surface area contributed by atoms with Crippen LogP contribution in [0.4, 0.5) is 23.2 Å². The normalized spacial score (nSPS) is 17.1. The highest BCUT2D eigenvalue weighted by atomic mass is 32.2. The fourth-order valence-corrected chi connectivity index (χ4v) is 7.30.